The second-order valence-corrected chi connectivity index (χ2v) is 2.80. The maximum atomic E-state index is 3.89. The number of hydrogen-bond donors (Lipinski definition) is 1. The lowest BCUT2D eigenvalue weighted by atomic mass is 10.2. The molecule has 2 heterocycles. The Balaban J connectivity index is 2.04. The molecule has 0 saturated carbocycles. The van der Waals surface area contributed by atoms with E-state index in [4.69, 9.17) is 0 Å². The van der Waals surface area contributed by atoms with Crippen molar-refractivity contribution in [2.45, 2.75) is 19.4 Å². The van der Waals surface area contributed by atoms with Crippen molar-refractivity contribution in [1.82, 2.24) is 35.6 Å². The maximum absolute atomic E-state index is 3.89. The molecule has 0 saturated heterocycles. The number of aromatic amines is 1. The molecule has 1 N–H and O–H groups in total. The van der Waals surface area contributed by atoms with Gasteiger partial charge in [-0.15, -0.1) is 15.3 Å². The molecule has 0 spiro atoms. The van der Waals surface area contributed by atoms with Gasteiger partial charge >= 0.3 is 0 Å². The number of nitrogens with zero attached hydrogens (tertiary/aromatic N) is 6. The highest BCUT2D eigenvalue weighted by Crippen LogP contribution is 2.09. The zero-order valence-electron chi connectivity index (χ0n) is 7.12. The molecule has 0 aliphatic carbocycles. The Labute approximate surface area is 74.2 Å². The van der Waals surface area contributed by atoms with Gasteiger partial charge in [-0.1, -0.05) is 17.4 Å². The standard InChI is InChI=1S/C6H9N7/c1-5(6-8-10-11-9-6)4-13-3-2-7-12-13/h2-3,5H,4H2,1H3,(H,8,9,10,11). The molecule has 0 amide bonds. The highest BCUT2D eigenvalue weighted by Gasteiger charge is 2.10. The van der Waals surface area contributed by atoms with Crippen LogP contribution in [0.3, 0.4) is 0 Å². The Morgan fingerprint density at radius 1 is 1.62 bits per heavy atom. The third-order valence-electron chi connectivity index (χ3n) is 1.74. The molecule has 0 aliphatic rings. The number of nitrogens with one attached hydrogen (secondary N) is 1. The van der Waals surface area contributed by atoms with E-state index >= 15 is 0 Å². The third kappa shape index (κ3) is 1.68. The minimum Gasteiger partial charge on any atom is -0.252 e. The highest BCUT2D eigenvalue weighted by molar-refractivity contribution is 4.87. The van der Waals surface area contributed by atoms with E-state index in [0.717, 1.165) is 0 Å². The minimum atomic E-state index is 0.181. The first-order valence-electron chi connectivity index (χ1n) is 3.93. The highest BCUT2D eigenvalue weighted by atomic mass is 15.5. The average molecular weight is 179 g/mol. The van der Waals surface area contributed by atoms with Crippen LogP contribution in [0.2, 0.25) is 0 Å². The van der Waals surface area contributed by atoms with E-state index in [-0.39, 0.29) is 5.92 Å². The smallest absolute Gasteiger partial charge is 0.179 e. The molecule has 0 aliphatic heterocycles. The predicted molar refractivity (Wildman–Crippen MR) is 42.6 cm³/mol. The lowest BCUT2D eigenvalue weighted by Crippen LogP contribution is -2.08. The van der Waals surface area contributed by atoms with Gasteiger partial charge in [-0.25, -0.2) is 0 Å². The van der Waals surface area contributed by atoms with Crippen LogP contribution < -0.4 is 0 Å². The molecule has 0 fully saturated rings. The van der Waals surface area contributed by atoms with E-state index in [1.165, 1.54) is 0 Å². The van der Waals surface area contributed by atoms with Gasteiger partial charge in [0.05, 0.1) is 12.7 Å². The largest absolute Gasteiger partial charge is 0.252 e. The Morgan fingerprint density at radius 2 is 2.54 bits per heavy atom. The molecule has 2 aromatic rings. The molecule has 7 heteroatoms. The summed E-state index contributed by atoms with van der Waals surface area (Å²) in [4.78, 5) is 0. The van der Waals surface area contributed by atoms with Crippen LogP contribution in [-0.2, 0) is 6.54 Å². The van der Waals surface area contributed by atoms with E-state index in [0.29, 0.717) is 12.4 Å². The Kier molecular flexibility index (Phi) is 1.99. The van der Waals surface area contributed by atoms with Crippen molar-refractivity contribution in [3.05, 3.63) is 18.2 Å². The van der Waals surface area contributed by atoms with E-state index in [2.05, 4.69) is 30.9 Å². The molecule has 0 bridgehead atoms. The van der Waals surface area contributed by atoms with Crippen molar-refractivity contribution in [3.8, 4) is 0 Å². The molecule has 2 rings (SSSR count). The van der Waals surface area contributed by atoms with Gasteiger partial charge in [0.2, 0.25) is 0 Å². The fourth-order valence-corrected chi connectivity index (χ4v) is 1.07. The molecule has 2 aromatic heterocycles. The van der Waals surface area contributed by atoms with Gasteiger partial charge in [-0.3, -0.25) is 4.68 Å². The zero-order chi connectivity index (χ0) is 9.10. The molecule has 0 aromatic carbocycles. The predicted octanol–water partition coefficient (Wildman–Crippen LogP) is -0.405. The van der Waals surface area contributed by atoms with Crippen molar-refractivity contribution in [3.63, 3.8) is 0 Å². The first-order chi connectivity index (χ1) is 6.36. The van der Waals surface area contributed by atoms with Crippen LogP contribution in [0.1, 0.15) is 18.7 Å². The normalized spacial score (nSPS) is 13.0. The van der Waals surface area contributed by atoms with Gasteiger partial charge in [-0.05, 0) is 0 Å². The lowest BCUT2D eigenvalue weighted by Gasteiger charge is -2.04. The van der Waals surface area contributed by atoms with E-state index in [1.807, 2.05) is 6.92 Å². The van der Waals surface area contributed by atoms with E-state index in [9.17, 15) is 0 Å². The zero-order valence-corrected chi connectivity index (χ0v) is 7.12. The second-order valence-electron chi connectivity index (χ2n) is 2.80. The summed E-state index contributed by atoms with van der Waals surface area (Å²) in [5, 5.41) is 21.2. The van der Waals surface area contributed by atoms with Crippen molar-refractivity contribution in [1.29, 1.82) is 0 Å². The third-order valence-corrected chi connectivity index (χ3v) is 1.74. The molecule has 13 heavy (non-hydrogen) atoms. The van der Waals surface area contributed by atoms with Crippen LogP contribution in [0.15, 0.2) is 12.4 Å². The summed E-state index contributed by atoms with van der Waals surface area (Å²) in [6, 6.07) is 0. The Hall–Kier alpha value is -1.79. The summed E-state index contributed by atoms with van der Waals surface area (Å²) in [6.45, 7) is 2.71. The average Bonchev–Trinajstić information content (AvgIpc) is 2.74. The van der Waals surface area contributed by atoms with Crippen LogP contribution in [0.5, 0.6) is 0 Å². The van der Waals surface area contributed by atoms with Crippen LogP contribution in [0.25, 0.3) is 0 Å². The van der Waals surface area contributed by atoms with E-state index in [1.54, 1.807) is 17.1 Å². The van der Waals surface area contributed by atoms with Crippen LogP contribution in [-0.4, -0.2) is 35.6 Å². The molecular weight excluding hydrogens is 170 g/mol. The monoisotopic (exact) mass is 179 g/mol. The maximum Gasteiger partial charge on any atom is 0.179 e. The topological polar surface area (TPSA) is 85.2 Å². The summed E-state index contributed by atoms with van der Waals surface area (Å²) in [5.74, 6) is 0.871. The van der Waals surface area contributed by atoms with Crippen LogP contribution >= 0.6 is 0 Å². The van der Waals surface area contributed by atoms with Crippen LogP contribution in [0, 0.1) is 0 Å². The Morgan fingerprint density at radius 3 is 3.15 bits per heavy atom. The van der Waals surface area contributed by atoms with Crippen molar-refractivity contribution < 1.29 is 0 Å². The first-order valence-corrected chi connectivity index (χ1v) is 3.93. The fraction of sp³-hybridized carbons (Fsp3) is 0.500. The van der Waals surface area contributed by atoms with E-state index < -0.39 is 0 Å². The van der Waals surface area contributed by atoms with Crippen molar-refractivity contribution >= 4 is 0 Å². The summed E-state index contributed by atoms with van der Waals surface area (Å²) >= 11 is 0. The fourth-order valence-electron chi connectivity index (χ4n) is 1.07. The number of tetrazole rings is 1. The van der Waals surface area contributed by atoms with Crippen molar-refractivity contribution in [2.24, 2.45) is 0 Å². The number of H-pyrrole nitrogens is 1. The summed E-state index contributed by atoms with van der Waals surface area (Å²) < 4.78 is 1.74. The number of hydrogen-bond acceptors (Lipinski definition) is 5. The second kappa shape index (κ2) is 3.30. The summed E-state index contributed by atoms with van der Waals surface area (Å²) in [7, 11) is 0. The van der Waals surface area contributed by atoms with Gasteiger partial charge in [-0.2, -0.15) is 5.21 Å². The van der Waals surface area contributed by atoms with Crippen LogP contribution in [0.4, 0.5) is 0 Å². The summed E-state index contributed by atoms with van der Waals surface area (Å²) in [6.07, 6.45) is 3.44. The van der Waals surface area contributed by atoms with Gasteiger partial charge in [0.15, 0.2) is 5.82 Å². The van der Waals surface area contributed by atoms with Gasteiger partial charge < -0.3 is 0 Å². The lowest BCUT2D eigenvalue weighted by molar-refractivity contribution is 0.510. The molecule has 7 nitrogen and oxygen atoms in total. The molecular formula is C6H9N7. The van der Waals surface area contributed by atoms with Gasteiger partial charge in [0.1, 0.15) is 0 Å². The molecule has 68 valence electrons. The molecule has 0 radical (unpaired) electrons. The molecule has 1 atom stereocenters. The SMILES string of the molecule is CC(Cn1ccnn1)c1nn[nH]n1. The summed E-state index contributed by atoms with van der Waals surface area (Å²) in [5.41, 5.74) is 0. The molecule has 1 unspecified atom stereocenters. The Bertz CT molecular complexity index is 337. The minimum absolute atomic E-state index is 0.181. The number of aromatic nitrogens is 7. The van der Waals surface area contributed by atoms with Crippen molar-refractivity contribution in [2.75, 3.05) is 0 Å². The van der Waals surface area contributed by atoms with Gasteiger partial charge in [0.25, 0.3) is 0 Å². The first kappa shape index (κ1) is 7.84. The quantitative estimate of drug-likeness (QED) is 0.692. The van der Waals surface area contributed by atoms with Gasteiger partial charge in [0, 0.05) is 12.1 Å². The number of rotatable bonds is 3.